The molecular formula is C14H19NO3. The Morgan fingerprint density at radius 3 is 2.22 bits per heavy atom. The summed E-state index contributed by atoms with van der Waals surface area (Å²) in [6.45, 7) is 9.01. The fourth-order valence-electron chi connectivity index (χ4n) is 1.29. The van der Waals surface area contributed by atoms with E-state index < -0.39 is 11.4 Å². The largest absolute Gasteiger partial charge is 0.497 e. The molecule has 1 N–H and O–H groups in total. The first-order valence-electron chi connectivity index (χ1n) is 5.64. The van der Waals surface area contributed by atoms with E-state index in [0.717, 1.165) is 0 Å². The molecule has 0 saturated heterocycles. The van der Waals surface area contributed by atoms with E-state index in [-0.39, 0.29) is 0 Å². The van der Waals surface area contributed by atoms with E-state index in [4.69, 9.17) is 4.74 Å². The molecule has 0 fully saturated rings. The lowest BCUT2D eigenvalue weighted by atomic mass is 9.96. The van der Waals surface area contributed by atoms with Crippen molar-refractivity contribution in [3.8, 4) is 5.75 Å². The Kier molecular flexibility index (Phi) is 4.14. The molecular weight excluding hydrogens is 230 g/mol. The van der Waals surface area contributed by atoms with Crippen LogP contribution in [0.5, 0.6) is 5.75 Å². The van der Waals surface area contributed by atoms with Crippen LogP contribution in [0.2, 0.25) is 0 Å². The third-order valence-corrected chi connectivity index (χ3v) is 3.10. The van der Waals surface area contributed by atoms with Gasteiger partial charge >= 0.3 is 0 Å². The van der Waals surface area contributed by atoms with Crippen molar-refractivity contribution < 1.29 is 14.7 Å². The van der Waals surface area contributed by atoms with Crippen molar-refractivity contribution in [2.45, 2.75) is 26.3 Å². The molecule has 0 radical (unpaired) electrons. The minimum absolute atomic E-state index is 0.396. The Balaban J connectivity index is 2.96. The predicted octanol–water partition coefficient (Wildman–Crippen LogP) is 2.88. The zero-order valence-electron chi connectivity index (χ0n) is 11.2. The van der Waals surface area contributed by atoms with Crippen molar-refractivity contribution >= 4 is 5.91 Å². The Bertz CT molecular complexity index is 449. The summed E-state index contributed by atoms with van der Waals surface area (Å²) >= 11 is 0. The van der Waals surface area contributed by atoms with Gasteiger partial charge in [0, 0.05) is 5.56 Å². The van der Waals surface area contributed by atoms with Crippen molar-refractivity contribution in [1.29, 1.82) is 0 Å². The number of carbonyl (C=O) groups is 1. The minimum atomic E-state index is -0.809. The molecule has 0 saturated carbocycles. The quantitative estimate of drug-likeness (QED) is 0.507. The minimum Gasteiger partial charge on any atom is -0.497 e. The van der Waals surface area contributed by atoms with Crippen LogP contribution in [-0.4, -0.2) is 28.8 Å². The highest BCUT2D eigenvalue weighted by molar-refractivity contribution is 5.94. The zero-order chi connectivity index (χ0) is 13.9. The highest BCUT2D eigenvalue weighted by Gasteiger charge is 2.31. The molecule has 1 rings (SSSR count). The highest BCUT2D eigenvalue weighted by Crippen LogP contribution is 2.23. The predicted molar refractivity (Wildman–Crippen MR) is 69.8 cm³/mol. The molecule has 0 aliphatic heterocycles. The van der Waals surface area contributed by atoms with Crippen molar-refractivity contribution in [2.24, 2.45) is 0 Å². The summed E-state index contributed by atoms with van der Waals surface area (Å²) in [5, 5.41) is 10.7. The average molecular weight is 249 g/mol. The molecule has 0 aliphatic carbocycles. The van der Waals surface area contributed by atoms with Gasteiger partial charge in [-0.25, -0.2) is 5.06 Å². The van der Waals surface area contributed by atoms with Gasteiger partial charge in [0.15, 0.2) is 0 Å². The van der Waals surface area contributed by atoms with Gasteiger partial charge in [0.1, 0.15) is 5.75 Å². The summed E-state index contributed by atoms with van der Waals surface area (Å²) in [4.78, 5) is 12.1. The van der Waals surface area contributed by atoms with Crippen LogP contribution in [0.4, 0.5) is 0 Å². The number of hydroxylamine groups is 2. The number of nitrogens with zero attached hydrogens (tertiary/aromatic N) is 1. The first-order valence-corrected chi connectivity index (χ1v) is 5.64. The standard InChI is InChI=1S/C14H19NO3/c1-10(2)14(3,4)15(17)13(16)11-6-8-12(18-5)9-7-11/h6-9,17H,1H2,2-5H3. The lowest BCUT2D eigenvalue weighted by molar-refractivity contribution is -0.108. The third-order valence-electron chi connectivity index (χ3n) is 3.10. The maximum Gasteiger partial charge on any atom is 0.278 e. The zero-order valence-corrected chi connectivity index (χ0v) is 11.2. The fourth-order valence-corrected chi connectivity index (χ4v) is 1.29. The second kappa shape index (κ2) is 5.23. The smallest absolute Gasteiger partial charge is 0.278 e. The molecule has 0 aromatic heterocycles. The molecule has 0 spiro atoms. The lowest BCUT2D eigenvalue weighted by Crippen LogP contribution is -2.46. The second-order valence-electron chi connectivity index (χ2n) is 4.68. The monoisotopic (exact) mass is 249 g/mol. The van der Waals surface area contributed by atoms with Crippen LogP contribution in [0.25, 0.3) is 0 Å². The Morgan fingerprint density at radius 2 is 1.83 bits per heavy atom. The molecule has 98 valence electrons. The summed E-state index contributed by atoms with van der Waals surface area (Å²) in [6, 6.07) is 6.57. The van der Waals surface area contributed by atoms with E-state index in [1.54, 1.807) is 52.1 Å². The highest BCUT2D eigenvalue weighted by atomic mass is 16.5. The van der Waals surface area contributed by atoms with Crippen molar-refractivity contribution in [2.75, 3.05) is 7.11 Å². The molecule has 0 unspecified atom stereocenters. The molecule has 1 amide bonds. The van der Waals surface area contributed by atoms with Gasteiger partial charge in [0.2, 0.25) is 0 Å². The summed E-state index contributed by atoms with van der Waals surface area (Å²) in [5.74, 6) is 0.195. The topological polar surface area (TPSA) is 49.8 Å². The lowest BCUT2D eigenvalue weighted by Gasteiger charge is -2.33. The van der Waals surface area contributed by atoms with Gasteiger partial charge in [-0.15, -0.1) is 0 Å². The maximum absolute atomic E-state index is 12.1. The van der Waals surface area contributed by atoms with Crippen LogP contribution >= 0.6 is 0 Å². The number of carbonyl (C=O) groups excluding carboxylic acids is 1. The fraction of sp³-hybridized carbons (Fsp3) is 0.357. The first-order chi connectivity index (χ1) is 8.30. The van der Waals surface area contributed by atoms with E-state index in [0.29, 0.717) is 21.9 Å². The summed E-state index contributed by atoms with van der Waals surface area (Å²) < 4.78 is 5.01. The number of hydrogen-bond donors (Lipinski definition) is 1. The number of benzene rings is 1. The third kappa shape index (κ3) is 2.71. The molecule has 1 aromatic carbocycles. The van der Waals surface area contributed by atoms with Crippen molar-refractivity contribution in [3.63, 3.8) is 0 Å². The van der Waals surface area contributed by atoms with Gasteiger partial charge in [-0.3, -0.25) is 10.0 Å². The van der Waals surface area contributed by atoms with Crippen LogP contribution in [0.1, 0.15) is 31.1 Å². The van der Waals surface area contributed by atoms with E-state index >= 15 is 0 Å². The van der Waals surface area contributed by atoms with Crippen LogP contribution < -0.4 is 4.74 Å². The molecule has 0 atom stereocenters. The Morgan fingerprint density at radius 1 is 1.33 bits per heavy atom. The average Bonchev–Trinajstić information content (AvgIpc) is 2.36. The Hall–Kier alpha value is -1.81. The normalized spacial score (nSPS) is 10.9. The van der Waals surface area contributed by atoms with Crippen molar-refractivity contribution in [1.82, 2.24) is 5.06 Å². The molecule has 18 heavy (non-hydrogen) atoms. The number of rotatable bonds is 4. The van der Waals surface area contributed by atoms with E-state index in [2.05, 4.69) is 6.58 Å². The maximum atomic E-state index is 12.1. The Labute approximate surface area is 107 Å². The van der Waals surface area contributed by atoms with Gasteiger partial charge in [0.05, 0.1) is 12.6 Å². The summed E-state index contributed by atoms with van der Waals surface area (Å²) in [6.07, 6.45) is 0. The van der Waals surface area contributed by atoms with E-state index in [1.807, 2.05) is 0 Å². The van der Waals surface area contributed by atoms with Gasteiger partial charge in [0.25, 0.3) is 5.91 Å². The van der Waals surface area contributed by atoms with Gasteiger partial charge < -0.3 is 4.74 Å². The molecule has 0 heterocycles. The van der Waals surface area contributed by atoms with Crippen molar-refractivity contribution in [3.05, 3.63) is 42.0 Å². The summed E-state index contributed by atoms with van der Waals surface area (Å²) in [7, 11) is 1.55. The van der Waals surface area contributed by atoms with Gasteiger partial charge in [-0.1, -0.05) is 12.2 Å². The number of methoxy groups -OCH3 is 1. The van der Waals surface area contributed by atoms with E-state index in [1.165, 1.54) is 0 Å². The van der Waals surface area contributed by atoms with Crippen LogP contribution in [0.15, 0.2) is 36.4 Å². The molecule has 0 aliphatic rings. The van der Waals surface area contributed by atoms with E-state index in [9.17, 15) is 10.0 Å². The van der Waals surface area contributed by atoms with Crippen LogP contribution in [0.3, 0.4) is 0 Å². The second-order valence-corrected chi connectivity index (χ2v) is 4.68. The molecule has 1 aromatic rings. The number of amides is 1. The van der Waals surface area contributed by atoms with Gasteiger partial charge in [-0.05, 0) is 45.0 Å². The van der Waals surface area contributed by atoms with Gasteiger partial charge in [-0.2, -0.15) is 0 Å². The van der Waals surface area contributed by atoms with Crippen LogP contribution in [-0.2, 0) is 0 Å². The summed E-state index contributed by atoms with van der Waals surface area (Å²) in [5.41, 5.74) is 0.288. The molecule has 4 nitrogen and oxygen atoms in total. The SMILES string of the molecule is C=C(C)C(C)(C)N(O)C(=O)c1ccc(OC)cc1. The first kappa shape index (κ1) is 14.3. The number of hydrogen-bond acceptors (Lipinski definition) is 3. The molecule has 0 bridgehead atoms. The van der Waals surface area contributed by atoms with Crippen LogP contribution in [0, 0.1) is 0 Å². The molecule has 4 heteroatoms. The number of ether oxygens (including phenoxy) is 1.